The first-order chi connectivity index (χ1) is 17.5. The molecule has 1 fully saturated rings. The van der Waals surface area contributed by atoms with Gasteiger partial charge in [0.1, 0.15) is 0 Å². The summed E-state index contributed by atoms with van der Waals surface area (Å²) in [6.07, 6.45) is 0. The van der Waals surface area contributed by atoms with Crippen LogP contribution in [0.2, 0.25) is 0 Å². The van der Waals surface area contributed by atoms with Gasteiger partial charge >= 0.3 is 5.97 Å². The second kappa shape index (κ2) is 12.0. The van der Waals surface area contributed by atoms with Crippen molar-refractivity contribution in [2.24, 2.45) is 0 Å². The molecule has 0 spiro atoms. The van der Waals surface area contributed by atoms with Gasteiger partial charge in [-0.2, -0.15) is 0 Å². The number of carbonyl (C=O) groups is 2. The van der Waals surface area contributed by atoms with Crippen LogP contribution in [0.1, 0.15) is 35.5 Å². The molecule has 1 amide bonds. The van der Waals surface area contributed by atoms with Crippen molar-refractivity contribution in [1.29, 1.82) is 0 Å². The third-order valence-corrected chi connectivity index (χ3v) is 6.42. The second-order valence-electron chi connectivity index (χ2n) is 8.79. The van der Waals surface area contributed by atoms with Crippen molar-refractivity contribution in [2.45, 2.75) is 27.3 Å². The first kappa shape index (κ1) is 25.6. The Labute approximate surface area is 212 Å². The van der Waals surface area contributed by atoms with Gasteiger partial charge in [0, 0.05) is 36.4 Å². The van der Waals surface area contributed by atoms with Crippen LogP contribution in [0.5, 0.6) is 0 Å². The highest BCUT2D eigenvalue weighted by Gasteiger charge is 2.22. The van der Waals surface area contributed by atoms with E-state index in [1.165, 1.54) is 0 Å². The van der Waals surface area contributed by atoms with Crippen molar-refractivity contribution in [2.75, 3.05) is 56.2 Å². The Morgan fingerprint density at radius 3 is 2.50 bits per heavy atom. The lowest BCUT2D eigenvalue weighted by molar-refractivity contribution is -0.117. The summed E-state index contributed by atoms with van der Waals surface area (Å²) in [7, 11) is 0. The standard InChI is InChI=1S/C28H34N4O4/c1-4-31(19-26(33)29-21-10-12-22(13-11-21)32-14-16-35-17-15-32)18-25-27(28(34)36-5-2)20(3)23-8-6-7-9-24(23)30-25/h6-13H,4-5,14-19H2,1-3H3,(H,29,33). The highest BCUT2D eigenvalue weighted by atomic mass is 16.5. The molecule has 1 N–H and O–H groups in total. The number of nitrogens with zero attached hydrogens (tertiary/aromatic N) is 3. The van der Waals surface area contributed by atoms with Crippen molar-refractivity contribution in [3.05, 3.63) is 65.4 Å². The van der Waals surface area contributed by atoms with E-state index in [0.717, 1.165) is 54.1 Å². The van der Waals surface area contributed by atoms with Crippen molar-refractivity contribution in [1.82, 2.24) is 9.88 Å². The van der Waals surface area contributed by atoms with Crippen molar-refractivity contribution >= 4 is 34.2 Å². The molecule has 0 saturated carbocycles. The fraction of sp³-hybridized carbons (Fsp3) is 0.393. The molecule has 1 saturated heterocycles. The molecule has 2 aromatic carbocycles. The van der Waals surface area contributed by atoms with E-state index in [1.54, 1.807) is 6.92 Å². The summed E-state index contributed by atoms with van der Waals surface area (Å²) < 4.78 is 10.8. The largest absolute Gasteiger partial charge is 0.462 e. The normalized spacial score (nSPS) is 13.7. The Morgan fingerprint density at radius 2 is 1.81 bits per heavy atom. The summed E-state index contributed by atoms with van der Waals surface area (Å²) in [5.41, 5.74) is 4.63. The number of nitrogens with one attached hydrogen (secondary N) is 1. The van der Waals surface area contributed by atoms with Gasteiger partial charge in [-0.3, -0.25) is 14.7 Å². The number of para-hydroxylation sites is 1. The number of carbonyl (C=O) groups excluding carboxylic acids is 2. The molecule has 190 valence electrons. The highest BCUT2D eigenvalue weighted by Crippen LogP contribution is 2.25. The first-order valence-corrected chi connectivity index (χ1v) is 12.5. The Morgan fingerprint density at radius 1 is 1.08 bits per heavy atom. The molecule has 8 nitrogen and oxygen atoms in total. The predicted octanol–water partition coefficient (Wildman–Crippen LogP) is 4.02. The summed E-state index contributed by atoms with van der Waals surface area (Å²) >= 11 is 0. The van der Waals surface area contributed by atoms with Gasteiger partial charge in [-0.25, -0.2) is 4.79 Å². The average Bonchev–Trinajstić information content (AvgIpc) is 2.89. The molecule has 0 unspecified atom stereocenters. The Bertz CT molecular complexity index is 1210. The molecule has 0 atom stereocenters. The maximum Gasteiger partial charge on any atom is 0.340 e. The minimum Gasteiger partial charge on any atom is -0.462 e. The van der Waals surface area contributed by atoms with E-state index in [-0.39, 0.29) is 25.0 Å². The highest BCUT2D eigenvalue weighted by molar-refractivity contribution is 5.98. The number of hydrogen-bond acceptors (Lipinski definition) is 7. The Balaban J connectivity index is 1.47. The maximum atomic E-state index is 12.9. The number of anilines is 2. The van der Waals surface area contributed by atoms with Gasteiger partial charge in [-0.05, 0) is 56.3 Å². The van der Waals surface area contributed by atoms with Crippen LogP contribution in [0.15, 0.2) is 48.5 Å². The number of hydrogen-bond donors (Lipinski definition) is 1. The van der Waals surface area contributed by atoms with E-state index in [9.17, 15) is 9.59 Å². The minimum absolute atomic E-state index is 0.119. The number of esters is 1. The number of pyridine rings is 1. The molecule has 0 bridgehead atoms. The van der Waals surface area contributed by atoms with E-state index < -0.39 is 0 Å². The maximum absolute atomic E-state index is 12.9. The number of amides is 1. The van der Waals surface area contributed by atoms with Crippen LogP contribution in [-0.4, -0.2) is 67.8 Å². The second-order valence-corrected chi connectivity index (χ2v) is 8.79. The van der Waals surface area contributed by atoms with Crippen molar-refractivity contribution in [3.8, 4) is 0 Å². The Kier molecular flexibility index (Phi) is 8.51. The molecule has 1 aliphatic rings. The lowest BCUT2D eigenvalue weighted by Crippen LogP contribution is -2.36. The summed E-state index contributed by atoms with van der Waals surface area (Å²) in [5, 5.41) is 3.91. The summed E-state index contributed by atoms with van der Waals surface area (Å²) in [5.74, 6) is -0.504. The van der Waals surface area contributed by atoms with Crippen LogP contribution in [0.3, 0.4) is 0 Å². The Hall–Kier alpha value is -3.49. The van der Waals surface area contributed by atoms with Gasteiger partial charge in [0.25, 0.3) is 0 Å². The van der Waals surface area contributed by atoms with Gasteiger partial charge in [0.05, 0.1) is 43.1 Å². The third kappa shape index (κ3) is 6.01. The van der Waals surface area contributed by atoms with Crippen molar-refractivity contribution < 1.29 is 19.1 Å². The molecule has 36 heavy (non-hydrogen) atoms. The van der Waals surface area contributed by atoms with Crippen LogP contribution in [-0.2, 0) is 20.8 Å². The third-order valence-electron chi connectivity index (χ3n) is 6.42. The molecule has 2 heterocycles. The van der Waals surface area contributed by atoms with Crippen LogP contribution in [0.4, 0.5) is 11.4 Å². The summed E-state index contributed by atoms with van der Waals surface area (Å²) in [6, 6.07) is 15.6. The zero-order valence-electron chi connectivity index (χ0n) is 21.3. The van der Waals surface area contributed by atoms with Gasteiger partial charge in [-0.15, -0.1) is 0 Å². The molecular formula is C28H34N4O4. The minimum atomic E-state index is -0.385. The zero-order chi connectivity index (χ0) is 25.5. The van der Waals surface area contributed by atoms with E-state index in [4.69, 9.17) is 14.5 Å². The number of likely N-dealkylation sites (N-methyl/N-ethyl adjacent to an activating group) is 1. The van der Waals surface area contributed by atoms with Crippen LogP contribution < -0.4 is 10.2 Å². The number of aromatic nitrogens is 1. The number of rotatable bonds is 9. The number of aryl methyl sites for hydroxylation is 1. The smallest absolute Gasteiger partial charge is 0.340 e. The quantitative estimate of drug-likeness (QED) is 0.454. The van der Waals surface area contributed by atoms with Gasteiger partial charge in [0.15, 0.2) is 0 Å². The lowest BCUT2D eigenvalue weighted by Gasteiger charge is -2.29. The molecule has 1 aliphatic heterocycles. The topological polar surface area (TPSA) is 84.0 Å². The molecular weight excluding hydrogens is 456 g/mol. The molecule has 3 aromatic rings. The molecule has 8 heteroatoms. The number of fused-ring (bicyclic) bond motifs is 1. The van der Waals surface area contributed by atoms with Crippen LogP contribution in [0, 0.1) is 6.92 Å². The monoisotopic (exact) mass is 490 g/mol. The predicted molar refractivity (Wildman–Crippen MR) is 141 cm³/mol. The molecule has 0 aliphatic carbocycles. The molecule has 1 aromatic heterocycles. The fourth-order valence-corrected chi connectivity index (χ4v) is 4.50. The number of benzene rings is 2. The van der Waals surface area contributed by atoms with Crippen molar-refractivity contribution in [3.63, 3.8) is 0 Å². The zero-order valence-corrected chi connectivity index (χ0v) is 21.3. The average molecular weight is 491 g/mol. The van der Waals surface area contributed by atoms with Crippen LogP contribution >= 0.6 is 0 Å². The molecule has 0 radical (unpaired) electrons. The number of morpholine rings is 1. The van der Waals surface area contributed by atoms with E-state index >= 15 is 0 Å². The fourth-order valence-electron chi connectivity index (χ4n) is 4.50. The number of ether oxygens (including phenoxy) is 2. The SMILES string of the molecule is CCOC(=O)c1c(CN(CC)CC(=O)Nc2ccc(N3CCOCC3)cc2)nc2ccccc2c1C. The first-order valence-electron chi connectivity index (χ1n) is 12.5. The van der Waals surface area contributed by atoms with Gasteiger partial charge in [-0.1, -0.05) is 25.1 Å². The lowest BCUT2D eigenvalue weighted by atomic mass is 10.0. The van der Waals surface area contributed by atoms with E-state index in [1.807, 2.05) is 67.3 Å². The van der Waals surface area contributed by atoms with E-state index in [0.29, 0.717) is 24.3 Å². The van der Waals surface area contributed by atoms with E-state index in [2.05, 4.69) is 10.2 Å². The molecule has 4 rings (SSSR count). The van der Waals surface area contributed by atoms with Gasteiger partial charge < -0.3 is 19.7 Å². The summed E-state index contributed by atoms with van der Waals surface area (Å²) in [4.78, 5) is 34.7. The summed E-state index contributed by atoms with van der Waals surface area (Å²) in [6.45, 7) is 10.3. The van der Waals surface area contributed by atoms with Crippen LogP contribution in [0.25, 0.3) is 10.9 Å². The van der Waals surface area contributed by atoms with Gasteiger partial charge in [0.2, 0.25) is 5.91 Å².